The third-order valence-corrected chi connectivity index (χ3v) is 3.74. The van der Waals surface area contributed by atoms with Gasteiger partial charge in [0.2, 0.25) is 0 Å². The van der Waals surface area contributed by atoms with Crippen LogP contribution in [0.5, 0.6) is 0 Å². The molecule has 1 N–H and O–H groups in total. The monoisotopic (exact) mass is 308 g/mol. The molecule has 0 spiro atoms. The Balaban J connectivity index is 4.51. The van der Waals surface area contributed by atoms with Gasteiger partial charge in [0.15, 0.2) is 0 Å². The summed E-state index contributed by atoms with van der Waals surface area (Å²) in [6, 6.07) is 0. The van der Waals surface area contributed by atoms with E-state index in [1.54, 1.807) is 0 Å². The van der Waals surface area contributed by atoms with Crippen LogP contribution in [0.3, 0.4) is 0 Å². The molecule has 20 heavy (non-hydrogen) atoms. The van der Waals surface area contributed by atoms with Crippen molar-refractivity contribution in [1.82, 2.24) is 0 Å². The summed E-state index contributed by atoms with van der Waals surface area (Å²) in [6.45, 7) is 12.2. The minimum absolute atomic E-state index is 0.00536. The molecule has 0 aliphatic rings. The van der Waals surface area contributed by atoms with E-state index in [0.717, 1.165) is 0 Å². The van der Waals surface area contributed by atoms with Gasteiger partial charge in [-0.2, -0.15) is 8.42 Å². The highest BCUT2D eigenvalue weighted by Crippen LogP contribution is 2.36. The molecule has 0 rings (SSSR count). The van der Waals surface area contributed by atoms with E-state index in [9.17, 15) is 13.2 Å². The van der Waals surface area contributed by atoms with E-state index >= 15 is 0 Å². The highest BCUT2D eigenvalue weighted by atomic mass is 32.2. The second kappa shape index (κ2) is 6.89. The molecule has 0 saturated heterocycles. The van der Waals surface area contributed by atoms with Gasteiger partial charge in [-0.3, -0.25) is 9.35 Å². The number of rotatable bonds is 6. The van der Waals surface area contributed by atoms with E-state index in [2.05, 4.69) is 20.8 Å². The van der Waals surface area contributed by atoms with Gasteiger partial charge >= 0.3 is 5.97 Å². The fourth-order valence-electron chi connectivity index (χ4n) is 1.87. The van der Waals surface area contributed by atoms with E-state index in [-0.39, 0.29) is 41.5 Å². The minimum atomic E-state index is -3.99. The highest BCUT2D eigenvalue weighted by Gasteiger charge is 2.35. The van der Waals surface area contributed by atoms with Crippen molar-refractivity contribution in [1.29, 1.82) is 0 Å². The summed E-state index contributed by atoms with van der Waals surface area (Å²) in [6.07, 6.45) is 0.810. The Kier molecular flexibility index (Phi) is 6.68. The molecule has 0 aromatic rings. The molecule has 6 heteroatoms. The number of ether oxygens (including phenoxy) is 1. The second-order valence-electron chi connectivity index (χ2n) is 7.49. The van der Waals surface area contributed by atoms with Gasteiger partial charge < -0.3 is 4.74 Å². The average molecular weight is 308 g/mol. The van der Waals surface area contributed by atoms with E-state index in [4.69, 9.17) is 9.29 Å². The summed E-state index contributed by atoms with van der Waals surface area (Å²) >= 11 is 0. The fraction of sp³-hybridized carbons (Fsp3) is 0.929. The van der Waals surface area contributed by atoms with Crippen LogP contribution in [0.2, 0.25) is 0 Å². The Hall–Kier alpha value is -0.620. The molecule has 0 saturated carbocycles. The van der Waals surface area contributed by atoms with Crippen LogP contribution in [0.1, 0.15) is 54.4 Å². The van der Waals surface area contributed by atoms with Gasteiger partial charge in [0.25, 0.3) is 10.1 Å². The highest BCUT2D eigenvalue weighted by molar-refractivity contribution is 7.85. The first-order valence-corrected chi connectivity index (χ1v) is 8.45. The molecule has 0 aromatic carbocycles. The van der Waals surface area contributed by atoms with Crippen LogP contribution >= 0.6 is 0 Å². The molecule has 0 fully saturated rings. The smallest absolute Gasteiger partial charge is 0.309 e. The van der Waals surface area contributed by atoms with Crippen molar-refractivity contribution in [3.63, 3.8) is 0 Å². The van der Waals surface area contributed by atoms with Gasteiger partial charge in [0, 0.05) is 0 Å². The first-order chi connectivity index (χ1) is 8.72. The molecule has 0 aliphatic carbocycles. The van der Waals surface area contributed by atoms with Crippen LogP contribution in [0.15, 0.2) is 0 Å². The molecule has 0 bridgehead atoms. The van der Waals surface area contributed by atoms with Crippen LogP contribution < -0.4 is 0 Å². The van der Waals surface area contributed by atoms with Crippen LogP contribution in [-0.2, 0) is 19.6 Å². The van der Waals surface area contributed by atoms with E-state index < -0.39 is 10.1 Å². The average Bonchev–Trinajstić information content (AvgIpc) is 2.16. The Bertz CT molecular complexity index is 412. The van der Waals surface area contributed by atoms with Crippen molar-refractivity contribution >= 4 is 16.1 Å². The van der Waals surface area contributed by atoms with Gasteiger partial charge in [-0.25, -0.2) is 0 Å². The summed E-state index contributed by atoms with van der Waals surface area (Å²) < 4.78 is 34.9. The van der Waals surface area contributed by atoms with Crippen molar-refractivity contribution in [2.75, 3.05) is 12.4 Å². The van der Waals surface area contributed by atoms with Crippen molar-refractivity contribution in [2.24, 2.45) is 16.7 Å². The van der Waals surface area contributed by atoms with Crippen LogP contribution in [0.4, 0.5) is 0 Å². The zero-order valence-electron chi connectivity index (χ0n) is 13.4. The lowest BCUT2D eigenvalue weighted by Crippen LogP contribution is -2.34. The maximum atomic E-state index is 12.2. The zero-order valence-corrected chi connectivity index (χ0v) is 14.2. The summed E-state index contributed by atoms with van der Waals surface area (Å²) in [5.74, 6) is -0.935. The van der Waals surface area contributed by atoms with Crippen molar-refractivity contribution in [3.8, 4) is 0 Å². The molecule has 0 aliphatic heterocycles. The summed E-state index contributed by atoms with van der Waals surface area (Å²) in [5, 5.41) is 0. The van der Waals surface area contributed by atoms with Crippen LogP contribution in [0.25, 0.3) is 0 Å². The number of esters is 1. The fourth-order valence-corrected chi connectivity index (χ4v) is 2.35. The summed E-state index contributed by atoms with van der Waals surface area (Å²) in [5.41, 5.74) is -0.210. The van der Waals surface area contributed by atoms with Crippen LogP contribution in [-0.4, -0.2) is 31.3 Å². The Morgan fingerprint density at radius 3 is 2.00 bits per heavy atom. The van der Waals surface area contributed by atoms with Gasteiger partial charge in [-0.15, -0.1) is 0 Å². The van der Waals surface area contributed by atoms with Crippen molar-refractivity contribution in [2.45, 2.75) is 54.4 Å². The van der Waals surface area contributed by atoms with E-state index in [0.29, 0.717) is 6.42 Å². The number of hydrogen-bond donors (Lipinski definition) is 1. The lowest BCUT2D eigenvalue weighted by Gasteiger charge is -2.33. The van der Waals surface area contributed by atoms with Gasteiger partial charge in [0.05, 0.1) is 18.3 Å². The van der Waals surface area contributed by atoms with Crippen LogP contribution in [0, 0.1) is 16.7 Å². The molecule has 0 aromatic heterocycles. The SMILES string of the molecule is CC(C)(C)CC(C(=O)OCCCS(=O)(=O)O)C(C)(C)C. The largest absolute Gasteiger partial charge is 0.465 e. The third kappa shape index (κ3) is 9.31. The number of hydrogen-bond acceptors (Lipinski definition) is 4. The predicted octanol–water partition coefficient (Wildman–Crippen LogP) is 2.91. The van der Waals surface area contributed by atoms with Crippen molar-refractivity contribution < 1.29 is 22.5 Å². The molecular formula is C14H28O5S. The molecule has 0 heterocycles. The predicted molar refractivity (Wildman–Crippen MR) is 79.0 cm³/mol. The number of carbonyl (C=O) groups is 1. The Morgan fingerprint density at radius 1 is 1.15 bits per heavy atom. The quantitative estimate of drug-likeness (QED) is 0.463. The molecule has 1 unspecified atom stereocenters. The molecular weight excluding hydrogens is 280 g/mol. The Labute approximate surface area is 122 Å². The normalized spacial score (nSPS) is 14.9. The van der Waals surface area contributed by atoms with Crippen molar-refractivity contribution in [3.05, 3.63) is 0 Å². The van der Waals surface area contributed by atoms with E-state index in [1.165, 1.54) is 0 Å². The maximum absolute atomic E-state index is 12.2. The molecule has 120 valence electrons. The van der Waals surface area contributed by atoms with E-state index in [1.807, 2.05) is 20.8 Å². The third-order valence-electron chi connectivity index (χ3n) is 2.94. The number of carbonyl (C=O) groups excluding carboxylic acids is 1. The topological polar surface area (TPSA) is 80.7 Å². The molecule has 1 atom stereocenters. The van der Waals surface area contributed by atoms with Gasteiger partial charge in [-0.1, -0.05) is 41.5 Å². The maximum Gasteiger partial charge on any atom is 0.309 e. The molecule has 0 radical (unpaired) electrons. The zero-order chi connectivity index (χ0) is 16.2. The standard InChI is InChI=1S/C14H28O5S/c1-13(2,3)10-11(14(4,5)6)12(15)19-8-7-9-20(16,17)18/h11H,7-10H2,1-6H3,(H,16,17,18). The first-order valence-electron chi connectivity index (χ1n) is 6.84. The summed E-state index contributed by atoms with van der Waals surface area (Å²) in [4.78, 5) is 12.2. The second-order valence-corrected chi connectivity index (χ2v) is 9.06. The molecule has 0 amide bonds. The molecule has 5 nitrogen and oxygen atoms in total. The Morgan fingerprint density at radius 2 is 1.65 bits per heavy atom. The summed E-state index contributed by atoms with van der Waals surface area (Å²) in [7, 11) is -3.99. The van der Waals surface area contributed by atoms with Gasteiger partial charge in [0.1, 0.15) is 0 Å². The lowest BCUT2D eigenvalue weighted by molar-refractivity contribution is -0.153. The van der Waals surface area contributed by atoms with Gasteiger partial charge in [-0.05, 0) is 23.7 Å². The lowest BCUT2D eigenvalue weighted by atomic mass is 9.72. The minimum Gasteiger partial charge on any atom is -0.465 e. The first kappa shape index (κ1) is 19.4.